The molecule has 0 radical (unpaired) electrons. The number of thiol groups is 1. The number of amides is 1. The molecule has 21 heavy (non-hydrogen) atoms. The van der Waals surface area contributed by atoms with Crippen molar-refractivity contribution in [3.8, 4) is 0 Å². The number of hydrogen-bond donors (Lipinski definition) is 1. The molecule has 0 aromatic heterocycles. The van der Waals surface area contributed by atoms with E-state index in [1.807, 2.05) is 34.6 Å². The number of carbonyl (C=O) groups excluding carboxylic acids is 2. The van der Waals surface area contributed by atoms with Crippen LogP contribution in [0.5, 0.6) is 0 Å². The maximum Gasteiger partial charge on any atom is 0.410 e. The summed E-state index contributed by atoms with van der Waals surface area (Å²) in [4.78, 5) is 25.1. The predicted octanol–water partition coefficient (Wildman–Crippen LogP) is 2.89. The van der Waals surface area contributed by atoms with Gasteiger partial charge in [0.15, 0.2) is 0 Å². The molecule has 0 bridgehead atoms. The van der Waals surface area contributed by atoms with E-state index in [1.165, 1.54) is 0 Å². The summed E-state index contributed by atoms with van der Waals surface area (Å²) in [5, 5.41) is 0. The minimum absolute atomic E-state index is 0.0835. The normalized spacial score (nSPS) is 17.5. The van der Waals surface area contributed by atoms with Crippen LogP contribution in [0.15, 0.2) is 0 Å². The molecular weight excluding hydrogens is 290 g/mol. The lowest BCUT2D eigenvalue weighted by atomic mass is 9.83. The minimum atomic E-state index is -0.528. The number of rotatable bonds is 3. The van der Waals surface area contributed by atoms with Gasteiger partial charge >= 0.3 is 12.1 Å². The van der Waals surface area contributed by atoms with Crippen LogP contribution in [-0.4, -0.2) is 47.0 Å². The van der Waals surface area contributed by atoms with Gasteiger partial charge < -0.3 is 14.4 Å². The fourth-order valence-electron chi connectivity index (χ4n) is 2.49. The molecular formula is C15H27NO4S. The van der Waals surface area contributed by atoms with E-state index in [-0.39, 0.29) is 23.7 Å². The lowest BCUT2D eigenvalue weighted by Gasteiger charge is -2.40. The second-order valence-electron chi connectivity index (χ2n) is 6.98. The van der Waals surface area contributed by atoms with Crippen molar-refractivity contribution >= 4 is 24.7 Å². The topological polar surface area (TPSA) is 55.8 Å². The van der Waals surface area contributed by atoms with E-state index in [1.54, 1.807) is 4.90 Å². The second-order valence-corrected chi connectivity index (χ2v) is 7.29. The molecule has 0 aromatic carbocycles. The van der Waals surface area contributed by atoms with Crippen LogP contribution in [0.3, 0.4) is 0 Å². The van der Waals surface area contributed by atoms with Crippen molar-refractivity contribution in [1.29, 1.82) is 0 Å². The molecule has 0 N–H and O–H groups in total. The van der Waals surface area contributed by atoms with Crippen LogP contribution in [0.1, 0.15) is 47.5 Å². The van der Waals surface area contributed by atoms with Crippen LogP contribution in [0.2, 0.25) is 0 Å². The number of hydrogen-bond acceptors (Lipinski definition) is 5. The average molecular weight is 317 g/mol. The van der Waals surface area contributed by atoms with E-state index >= 15 is 0 Å². The van der Waals surface area contributed by atoms with Gasteiger partial charge in [0.05, 0.1) is 5.75 Å². The first-order valence-corrected chi connectivity index (χ1v) is 7.99. The third kappa shape index (κ3) is 5.77. The maximum atomic E-state index is 12.0. The lowest BCUT2D eigenvalue weighted by molar-refractivity contribution is -0.160. The van der Waals surface area contributed by atoms with Crippen LogP contribution in [-0.2, 0) is 14.3 Å². The first-order valence-electron chi connectivity index (χ1n) is 7.36. The molecule has 1 aliphatic heterocycles. The van der Waals surface area contributed by atoms with Gasteiger partial charge in [0.2, 0.25) is 0 Å². The van der Waals surface area contributed by atoms with Crippen molar-refractivity contribution in [3.63, 3.8) is 0 Å². The van der Waals surface area contributed by atoms with Crippen molar-refractivity contribution in [1.82, 2.24) is 4.90 Å². The van der Waals surface area contributed by atoms with Crippen molar-refractivity contribution in [2.24, 2.45) is 5.92 Å². The number of piperidine rings is 1. The van der Waals surface area contributed by atoms with Crippen LogP contribution < -0.4 is 0 Å². The van der Waals surface area contributed by atoms with E-state index < -0.39 is 11.2 Å². The Morgan fingerprint density at radius 1 is 1.10 bits per heavy atom. The molecule has 5 nitrogen and oxygen atoms in total. The Bertz CT molecular complexity index is 382. The van der Waals surface area contributed by atoms with Gasteiger partial charge in [0.25, 0.3) is 0 Å². The molecule has 6 heteroatoms. The molecule has 0 unspecified atom stereocenters. The highest BCUT2D eigenvalue weighted by Gasteiger charge is 2.37. The molecule has 1 rings (SSSR count). The van der Waals surface area contributed by atoms with E-state index in [0.29, 0.717) is 13.1 Å². The molecule has 0 saturated carbocycles. The van der Waals surface area contributed by atoms with Gasteiger partial charge in [-0.2, -0.15) is 12.6 Å². The van der Waals surface area contributed by atoms with Crippen LogP contribution in [0.4, 0.5) is 4.79 Å². The summed E-state index contributed by atoms with van der Waals surface area (Å²) in [5.74, 6) is 0.0121. The molecule has 1 amide bonds. The Morgan fingerprint density at radius 3 is 2.05 bits per heavy atom. The summed E-state index contributed by atoms with van der Waals surface area (Å²) in [6.45, 7) is 10.7. The summed E-state index contributed by atoms with van der Waals surface area (Å²) in [5.41, 5.74) is -1.00. The van der Waals surface area contributed by atoms with Crippen molar-refractivity contribution in [2.75, 3.05) is 18.8 Å². The lowest BCUT2D eigenvalue weighted by Crippen LogP contribution is -2.47. The summed E-state index contributed by atoms with van der Waals surface area (Å²) >= 11 is 3.93. The van der Waals surface area contributed by atoms with Crippen LogP contribution >= 0.6 is 12.6 Å². The maximum absolute atomic E-state index is 12.0. The first kappa shape index (κ1) is 18.1. The molecule has 0 atom stereocenters. The highest BCUT2D eigenvalue weighted by molar-refractivity contribution is 7.81. The third-order valence-electron chi connectivity index (χ3n) is 3.64. The number of likely N-dealkylation sites (tertiary alicyclic amines) is 1. The number of carbonyl (C=O) groups is 2. The van der Waals surface area contributed by atoms with Crippen LogP contribution in [0, 0.1) is 5.92 Å². The molecule has 0 spiro atoms. The standard InChI is InChI=1S/C15H27NO4S/c1-14(2,3)20-13(18)16-8-6-11(7-9-16)15(4,5)19-12(17)10-21/h11,21H,6-10H2,1-5H3. The minimum Gasteiger partial charge on any atom is -0.459 e. The van der Waals surface area contributed by atoms with Crippen molar-refractivity contribution < 1.29 is 19.1 Å². The summed E-state index contributed by atoms with van der Waals surface area (Å²) < 4.78 is 10.8. The Labute approximate surface area is 132 Å². The predicted molar refractivity (Wildman–Crippen MR) is 84.6 cm³/mol. The van der Waals surface area contributed by atoms with Gasteiger partial charge in [0.1, 0.15) is 11.2 Å². The highest BCUT2D eigenvalue weighted by atomic mass is 32.1. The van der Waals surface area contributed by atoms with Gasteiger partial charge in [-0.1, -0.05) is 0 Å². The number of ether oxygens (including phenoxy) is 2. The smallest absolute Gasteiger partial charge is 0.410 e. The molecule has 0 aromatic rings. The Hall–Kier alpha value is -0.910. The fourth-order valence-corrected chi connectivity index (χ4v) is 2.56. The zero-order valence-corrected chi connectivity index (χ0v) is 14.5. The monoisotopic (exact) mass is 317 g/mol. The zero-order chi connectivity index (χ0) is 16.3. The number of nitrogens with zero attached hydrogens (tertiary/aromatic N) is 1. The average Bonchev–Trinajstić information content (AvgIpc) is 2.36. The first-order chi connectivity index (χ1) is 9.55. The highest BCUT2D eigenvalue weighted by Crippen LogP contribution is 2.31. The van der Waals surface area contributed by atoms with Gasteiger partial charge in [0, 0.05) is 19.0 Å². The van der Waals surface area contributed by atoms with E-state index in [9.17, 15) is 9.59 Å². The Balaban J connectivity index is 2.51. The summed E-state index contributed by atoms with van der Waals surface area (Å²) in [6.07, 6.45) is 1.32. The molecule has 1 saturated heterocycles. The van der Waals surface area contributed by atoms with E-state index in [2.05, 4.69) is 12.6 Å². The van der Waals surface area contributed by atoms with Gasteiger partial charge in [-0.15, -0.1) is 0 Å². The second kappa shape index (κ2) is 6.90. The molecule has 1 fully saturated rings. The molecule has 1 aliphatic rings. The van der Waals surface area contributed by atoms with Crippen molar-refractivity contribution in [3.05, 3.63) is 0 Å². The Morgan fingerprint density at radius 2 is 1.62 bits per heavy atom. The van der Waals surface area contributed by atoms with Crippen LogP contribution in [0.25, 0.3) is 0 Å². The molecule has 1 heterocycles. The van der Waals surface area contributed by atoms with Gasteiger partial charge in [-0.05, 0) is 47.5 Å². The quantitative estimate of drug-likeness (QED) is 0.642. The Kier molecular flexibility index (Phi) is 5.96. The van der Waals surface area contributed by atoms with Gasteiger partial charge in [-0.3, -0.25) is 4.79 Å². The van der Waals surface area contributed by atoms with Gasteiger partial charge in [-0.25, -0.2) is 4.79 Å². The summed E-state index contributed by atoms with van der Waals surface area (Å²) in [7, 11) is 0. The third-order valence-corrected chi connectivity index (χ3v) is 3.89. The van der Waals surface area contributed by atoms with Crippen molar-refractivity contribution in [2.45, 2.75) is 58.7 Å². The fraction of sp³-hybridized carbons (Fsp3) is 0.867. The largest absolute Gasteiger partial charge is 0.459 e. The number of esters is 1. The molecule has 0 aliphatic carbocycles. The molecule has 122 valence electrons. The SMILES string of the molecule is CC(C)(C)OC(=O)N1CCC(C(C)(C)OC(=O)CS)CC1. The zero-order valence-electron chi connectivity index (χ0n) is 13.6. The summed E-state index contributed by atoms with van der Waals surface area (Å²) in [6, 6.07) is 0. The van der Waals surface area contributed by atoms with E-state index in [4.69, 9.17) is 9.47 Å². The van der Waals surface area contributed by atoms with E-state index in [0.717, 1.165) is 12.8 Å².